The van der Waals surface area contributed by atoms with E-state index < -0.39 is 11.5 Å². The molecule has 1 atom stereocenters. The fraction of sp³-hybridized carbons (Fsp3) is 0.857. The van der Waals surface area contributed by atoms with E-state index >= 15 is 0 Å². The Morgan fingerprint density at radius 3 is 2.09 bits per heavy atom. The zero-order chi connectivity index (χ0) is 8.36. The average molecular weight is 182 g/mol. The van der Waals surface area contributed by atoms with Crippen LogP contribution in [0.1, 0.15) is 27.2 Å². The van der Waals surface area contributed by atoms with Crippen LogP contribution in [0.2, 0.25) is 0 Å². The number of aliphatic carboxylic acids is 1. The van der Waals surface area contributed by atoms with Gasteiger partial charge in [0.1, 0.15) is 0 Å². The van der Waals surface area contributed by atoms with Gasteiger partial charge in [0, 0.05) is 5.54 Å². The molecular weight excluding hydrogens is 166 g/mol. The lowest BCUT2D eigenvalue weighted by molar-refractivity contribution is -0.138. The Bertz CT molecular complexity index is 134. The molecule has 0 aromatic rings. The Labute approximate surface area is 73.4 Å². The number of halogens is 1. The highest BCUT2D eigenvalue weighted by Crippen LogP contribution is 2.16. The molecular formula is C7H16ClNO2. The van der Waals surface area contributed by atoms with Gasteiger partial charge in [-0.25, -0.2) is 0 Å². The van der Waals surface area contributed by atoms with Gasteiger partial charge in [-0.3, -0.25) is 4.79 Å². The molecule has 68 valence electrons. The summed E-state index contributed by atoms with van der Waals surface area (Å²) in [6.45, 7) is 5.59. The molecule has 0 saturated carbocycles. The summed E-state index contributed by atoms with van der Waals surface area (Å²) in [6.07, 6.45) is 0.0324. The molecule has 0 radical (unpaired) electrons. The summed E-state index contributed by atoms with van der Waals surface area (Å²) < 4.78 is 0. The summed E-state index contributed by atoms with van der Waals surface area (Å²) in [7, 11) is 0. The fourth-order valence-electron chi connectivity index (χ4n) is 0.530. The van der Waals surface area contributed by atoms with E-state index in [1.807, 2.05) is 13.8 Å². The quantitative estimate of drug-likeness (QED) is 0.689. The lowest BCUT2D eigenvalue weighted by Crippen LogP contribution is -2.43. The van der Waals surface area contributed by atoms with Crippen molar-refractivity contribution in [1.29, 1.82) is 0 Å². The smallest absolute Gasteiger partial charge is 0.305 e. The average Bonchev–Trinajstić information content (AvgIpc) is 1.60. The maximum absolute atomic E-state index is 10.2. The van der Waals surface area contributed by atoms with E-state index in [0.717, 1.165) is 0 Å². The molecule has 0 bridgehead atoms. The van der Waals surface area contributed by atoms with Crippen molar-refractivity contribution in [3.05, 3.63) is 0 Å². The molecule has 0 spiro atoms. The van der Waals surface area contributed by atoms with Gasteiger partial charge >= 0.3 is 5.97 Å². The number of rotatable bonds is 3. The predicted octanol–water partition coefficient (Wildman–Crippen LogP) is 1.26. The van der Waals surface area contributed by atoms with E-state index in [2.05, 4.69) is 0 Å². The molecule has 0 aromatic heterocycles. The second kappa shape index (κ2) is 4.57. The van der Waals surface area contributed by atoms with Crippen LogP contribution < -0.4 is 5.73 Å². The lowest BCUT2D eigenvalue weighted by atomic mass is 9.87. The minimum Gasteiger partial charge on any atom is -0.481 e. The maximum Gasteiger partial charge on any atom is 0.305 e. The number of nitrogens with two attached hydrogens (primary N) is 1. The third-order valence-corrected chi connectivity index (χ3v) is 1.85. The molecule has 0 amide bonds. The second-order valence-electron chi connectivity index (χ2n) is 3.23. The first-order chi connectivity index (χ1) is 4.36. The molecule has 0 fully saturated rings. The van der Waals surface area contributed by atoms with Crippen molar-refractivity contribution >= 4 is 18.4 Å². The molecule has 0 unspecified atom stereocenters. The molecule has 0 aliphatic heterocycles. The van der Waals surface area contributed by atoms with Gasteiger partial charge in [-0.1, -0.05) is 13.8 Å². The maximum atomic E-state index is 10.2. The van der Waals surface area contributed by atoms with Gasteiger partial charge in [0.05, 0.1) is 6.42 Å². The van der Waals surface area contributed by atoms with Gasteiger partial charge in [-0.2, -0.15) is 0 Å². The summed E-state index contributed by atoms with van der Waals surface area (Å²) in [4.78, 5) is 10.2. The topological polar surface area (TPSA) is 63.3 Å². The number of carbonyl (C=O) groups is 1. The first-order valence-corrected chi connectivity index (χ1v) is 3.37. The SMILES string of the molecule is CC(C)[C@@](C)(N)CC(=O)O.Cl. The summed E-state index contributed by atoms with van der Waals surface area (Å²) in [5, 5.41) is 8.42. The van der Waals surface area contributed by atoms with Crippen molar-refractivity contribution in [2.45, 2.75) is 32.7 Å². The molecule has 0 aromatic carbocycles. The Kier molecular flexibility index (Phi) is 5.53. The van der Waals surface area contributed by atoms with Crippen molar-refractivity contribution in [2.75, 3.05) is 0 Å². The zero-order valence-corrected chi connectivity index (χ0v) is 7.94. The van der Waals surface area contributed by atoms with Gasteiger partial charge in [0.15, 0.2) is 0 Å². The van der Waals surface area contributed by atoms with Crippen LogP contribution in [0.25, 0.3) is 0 Å². The number of carboxylic acids is 1. The van der Waals surface area contributed by atoms with Gasteiger partial charge < -0.3 is 10.8 Å². The van der Waals surface area contributed by atoms with E-state index in [4.69, 9.17) is 10.8 Å². The summed E-state index contributed by atoms with van der Waals surface area (Å²) in [5.74, 6) is -0.637. The van der Waals surface area contributed by atoms with Crippen molar-refractivity contribution in [3.63, 3.8) is 0 Å². The largest absolute Gasteiger partial charge is 0.481 e. The van der Waals surface area contributed by atoms with Crippen LogP contribution in [0.4, 0.5) is 0 Å². The molecule has 3 nitrogen and oxygen atoms in total. The summed E-state index contributed by atoms with van der Waals surface area (Å²) in [6, 6.07) is 0. The molecule has 0 heterocycles. The minimum absolute atomic E-state index is 0. The molecule has 0 aliphatic carbocycles. The molecule has 0 aliphatic rings. The predicted molar refractivity (Wildman–Crippen MR) is 46.9 cm³/mol. The Hall–Kier alpha value is -0.280. The highest BCUT2D eigenvalue weighted by molar-refractivity contribution is 5.85. The third kappa shape index (κ3) is 5.04. The van der Waals surface area contributed by atoms with Crippen LogP contribution in [-0.4, -0.2) is 16.6 Å². The van der Waals surface area contributed by atoms with Crippen LogP contribution in [0, 0.1) is 5.92 Å². The third-order valence-electron chi connectivity index (χ3n) is 1.85. The van der Waals surface area contributed by atoms with E-state index in [0.29, 0.717) is 0 Å². The highest BCUT2D eigenvalue weighted by atomic mass is 35.5. The van der Waals surface area contributed by atoms with Gasteiger partial charge in [0.2, 0.25) is 0 Å². The van der Waals surface area contributed by atoms with Crippen molar-refractivity contribution in [3.8, 4) is 0 Å². The molecule has 3 N–H and O–H groups in total. The first-order valence-electron chi connectivity index (χ1n) is 3.37. The van der Waals surface area contributed by atoms with Crippen molar-refractivity contribution in [2.24, 2.45) is 11.7 Å². The Morgan fingerprint density at radius 1 is 1.64 bits per heavy atom. The van der Waals surface area contributed by atoms with Gasteiger partial charge in [0.25, 0.3) is 0 Å². The zero-order valence-electron chi connectivity index (χ0n) is 7.13. The standard InChI is InChI=1S/C7H15NO2.ClH/c1-5(2)7(3,8)4-6(9)10;/h5H,4,8H2,1-3H3,(H,9,10);1H/t7-;/m0./s1. The minimum atomic E-state index is -0.835. The molecule has 0 saturated heterocycles. The first kappa shape index (κ1) is 13.3. The van der Waals surface area contributed by atoms with Crippen LogP contribution in [0.5, 0.6) is 0 Å². The van der Waals surface area contributed by atoms with E-state index in [9.17, 15) is 4.79 Å². The van der Waals surface area contributed by atoms with E-state index in [1.165, 1.54) is 0 Å². The summed E-state index contributed by atoms with van der Waals surface area (Å²) >= 11 is 0. The molecule has 0 rings (SSSR count). The lowest BCUT2D eigenvalue weighted by Gasteiger charge is -2.26. The fourth-order valence-corrected chi connectivity index (χ4v) is 0.530. The second-order valence-corrected chi connectivity index (χ2v) is 3.23. The van der Waals surface area contributed by atoms with E-state index in [-0.39, 0.29) is 24.7 Å². The molecule has 11 heavy (non-hydrogen) atoms. The Balaban J connectivity index is 0. The Morgan fingerprint density at radius 2 is 2.00 bits per heavy atom. The highest BCUT2D eigenvalue weighted by Gasteiger charge is 2.25. The van der Waals surface area contributed by atoms with Crippen LogP contribution in [-0.2, 0) is 4.79 Å². The number of hydrogen-bond acceptors (Lipinski definition) is 2. The van der Waals surface area contributed by atoms with E-state index in [1.54, 1.807) is 6.92 Å². The number of carboxylic acid groups (broad SMARTS) is 1. The normalized spacial score (nSPS) is 15.4. The van der Waals surface area contributed by atoms with Crippen LogP contribution in [0.15, 0.2) is 0 Å². The molecule has 4 heteroatoms. The number of hydrogen-bond donors (Lipinski definition) is 2. The van der Waals surface area contributed by atoms with Crippen LogP contribution >= 0.6 is 12.4 Å². The van der Waals surface area contributed by atoms with Crippen molar-refractivity contribution < 1.29 is 9.90 Å². The summed E-state index contributed by atoms with van der Waals surface area (Å²) in [5.41, 5.74) is 5.10. The van der Waals surface area contributed by atoms with Gasteiger partial charge in [-0.05, 0) is 12.8 Å². The van der Waals surface area contributed by atoms with Gasteiger partial charge in [-0.15, -0.1) is 12.4 Å². The van der Waals surface area contributed by atoms with Crippen molar-refractivity contribution in [1.82, 2.24) is 0 Å². The van der Waals surface area contributed by atoms with Crippen LogP contribution in [0.3, 0.4) is 0 Å². The monoisotopic (exact) mass is 181 g/mol.